The predicted molar refractivity (Wildman–Crippen MR) is 98.6 cm³/mol. The molecule has 0 saturated carbocycles. The molecule has 25 heavy (non-hydrogen) atoms. The van der Waals surface area contributed by atoms with Crippen LogP contribution in [0.15, 0.2) is 36.9 Å². The van der Waals surface area contributed by atoms with Gasteiger partial charge >= 0.3 is 5.97 Å². The van der Waals surface area contributed by atoms with Crippen LogP contribution >= 0.6 is 22.9 Å². The van der Waals surface area contributed by atoms with Gasteiger partial charge in [-0.3, -0.25) is 10.1 Å². The molecule has 0 aliphatic rings. The maximum absolute atomic E-state index is 12.4. The molecule has 0 radical (unpaired) electrons. The van der Waals surface area contributed by atoms with Crippen molar-refractivity contribution in [2.75, 3.05) is 11.9 Å². The van der Waals surface area contributed by atoms with Crippen molar-refractivity contribution in [1.29, 1.82) is 0 Å². The van der Waals surface area contributed by atoms with Crippen molar-refractivity contribution in [1.82, 2.24) is 9.97 Å². The van der Waals surface area contributed by atoms with Gasteiger partial charge in [0.05, 0.1) is 16.2 Å². The van der Waals surface area contributed by atoms with E-state index in [0.29, 0.717) is 31.9 Å². The van der Waals surface area contributed by atoms with E-state index < -0.39 is 5.97 Å². The number of nitrogens with one attached hydrogen (secondary N) is 2. The highest BCUT2D eigenvalue weighted by Crippen LogP contribution is 2.26. The van der Waals surface area contributed by atoms with Crippen molar-refractivity contribution in [2.24, 2.45) is 0 Å². The molecule has 3 rings (SSSR count). The third kappa shape index (κ3) is 3.57. The highest BCUT2D eigenvalue weighted by atomic mass is 35.5. The molecule has 2 heterocycles. The number of aromatic amines is 1. The second kappa shape index (κ2) is 7.08. The van der Waals surface area contributed by atoms with Crippen LogP contribution in [-0.4, -0.2) is 28.5 Å². The summed E-state index contributed by atoms with van der Waals surface area (Å²) in [5.74, 6) is -0.861. The van der Waals surface area contributed by atoms with E-state index in [1.807, 2.05) is 12.1 Å². The zero-order chi connectivity index (χ0) is 18.0. The van der Waals surface area contributed by atoms with Gasteiger partial charge in [-0.15, -0.1) is 0 Å². The van der Waals surface area contributed by atoms with Crippen molar-refractivity contribution < 1.29 is 14.3 Å². The minimum atomic E-state index is -0.493. The number of esters is 1. The molecule has 0 unspecified atom stereocenters. The Morgan fingerprint density at radius 2 is 2.28 bits per heavy atom. The van der Waals surface area contributed by atoms with Crippen LogP contribution in [0.1, 0.15) is 25.9 Å². The fourth-order valence-electron chi connectivity index (χ4n) is 2.25. The number of H-pyrrole nitrogens is 1. The number of para-hydroxylation sites is 1. The quantitative estimate of drug-likeness (QED) is 0.517. The summed E-state index contributed by atoms with van der Waals surface area (Å²) in [6.45, 7) is 5.29. The maximum atomic E-state index is 12.4. The van der Waals surface area contributed by atoms with Crippen molar-refractivity contribution in [3.63, 3.8) is 0 Å². The molecule has 128 valence electrons. The fourth-order valence-corrected chi connectivity index (χ4v) is 3.33. The smallest absolute Gasteiger partial charge is 0.350 e. The number of fused-ring (bicyclic) bond motifs is 1. The molecule has 6 nitrogen and oxygen atoms in total. The molecule has 2 aromatic heterocycles. The van der Waals surface area contributed by atoms with E-state index in [1.54, 1.807) is 19.1 Å². The number of thiazole rings is 1. The molecule has 0 aliphatic heterocycles. The largest absolute Gasteiger partial charge is 0.457 e. The Morgan fingerprint density at radius 3 is 3.00 bits per heavy atom. The number of hydrogen-bond donors (Lipinski definition) is 2. The SMILES string of the molecule is C=CCOC(=O)c1sc(NC(=O)c2cc3cccc(Cl)c3[nH]2)nc1C. The third-order valence-corrected chi connectivity index (χ3v) is 4.75. The highest BCUT2D eigenvalue weighted by molar-refractivity contribution is 7.17. The normalized spacial score (nSPS) is 10.6. The summed E-state index contributed by atoms with van der Waals surface area (Å²) in [6.07, 6.45) is 1.48. The Morgan fingerprint density at radius 1 is 1.48 bits per heavy atom. The van der Waals surface area contributed by atoms with Crippen LogP contribution in [0, 0.1) is 6.92 Å². The van der Waals surface area contributed by atoms with Crippen LogP contribution < -0.4 is 5.32 Å². The topological polar surface area (TPSA) is 84.1 Å². The second-order valence-electron chi connectivity index (χ2n) is 5.16. The number of ether oxygens (including phenoxy) is 1. The Kier molecular flexibility index (Phi) is 4.87. The van der Waals surface area contributed by atoms with Crippen LogP contribution in [0.4, 0.5) is 5.13 Å². The van der Waals surface area contributed by atoms with E-state index >= 15 is 0 Å². The first kappa shape index (κ1) is 17.2. The molecule has 0 atom stereocenters. The van der Waals surface area contributed by atoms with E-state index in [1.165, 1.54) is 6.08 Å². The van der Waals surface area contributed by atoms with Gasteiger partial charge in [-0.1, -0.05) is 47.7 Å². The summed E-state index contributed by atoms with van der Waals surface area (Å²) in [4.78, 5) is 31.9. The molecular weight excluding hydrogens is 362 g/mol. The zero-order valence-electron chi connectivity index (χ0n) is 13.3. The summed E-state index contributed by atoms with van der Waals surface area (Å²) in [7, 11) is 0. The van der Waals surface area contributed by atoms with Gasteiger partial charge in [-0.2, -0.15) is 0 Å². The molecule has 2 N–H and O–H groups in total. The Hall–Kier alpha value is -2.64. The maximum Gasteiger partial charge on any atom is 0.350 e. The van der Waals surface area contributed by atoms with Crippen LogP contribution in [0.25, 0.3) is 10.9 Å². The van der Waals surface area contributed by atoms with Crippen molar-refractivity contribution in [3.8, 4) is 0 Å². The van der Waals surface area contributed by atoms with Gasteiger partial charge in [0.15, 0.2) is 5.13 Å². The minimum absolute atomic E-state index is 0.119. The van der Waals surface area contributed by atoms with E-state index in [-0.39, 0.29) is 12.5 Å². The zero-order valence-corrected chi connectivity index (χ0v) is 14.8. The average Bonchev–Trinajstić information content (AvgIpc) is 3.17. The molecule has 0 aliphatic carbocycles. The summed E-state index contributed by atoms with van der Waals surface area (Å²) in [5.41, 5.74) is 1.54. The van der Waals surface area contributed by atoms with Crippen LogP contribution in [0.2, 0.25) is 5.02 Å². The lowest BCUT2D eigenvalue weighted by Gasteiger charge is -1.99. The molecule has 3 aromatic rings. The van der Waals surface area contributed by atoms with Crippen molar-refractivity contribution in [3.05, 3.63) is 58.2 Å². The number of carbonyl (C=O) groups excluding carboxylic acids is 2. The van der Waals surface area contributed by atoms with Crippen LogP contribution in [-0.2, 0) is 4.74 Å². The van der Waals surface area contributed by atoms with Gasteiger partial charge in [0.25, 0.3) is 5.91 Å². The monoisotopic (exact) mass is 375 g/mol. The standard InChI is InChI=1S/C17H14ClN3O3S/c1-3-7-24-16(23)14-9(2)19-17(25-14)21-15(22)12-8-10-5-4-6-11(18)13(10)20-12/h3-6,8,20H,1,7H2,2H3,(H,19,21,22). The van der Waals surface area contributed by atoms with Gasteiger partial charge in [0, 0.05) is 5.39 Å². The summed E-state index contributed by atoms with van der Waals surface area (Å²) >= 11 is 7.16. The lowest BCUT2D eigenvalue weighted by molar-refractivity contribution is 0.0554. The van der Waals surface area contributed by atoms with Gasteiger partial charge in [-0.05, 0) is 19.1 Å². The fraction of sp³-hybridized carbons (Fsp3) is 0.118. The average molecular weight is 376 g/mol. The van der Waals surface area contributed by atoms with E-state index in [0.717, 1.165) is 16.7 Å². The van der Waals surface area contributed by atoms with E-state index in [4.69, 9.17) is 16.3 Å². The lowest BCUT2D eigenvalue weighted by Crippen LogP contribution is -2.11. The van der Waals surface area contributed by atoms with E-state index in [2.05, 4.69) is 21.9 Å². The highest BCUT2D eigenvalue weighted by Gasteiger charge is 2.19. The van der Waals surface area contributed by atoms with Crippen molar-refractivity contribution in [2.45, 2.75) is 6.92 Å². The third-order valence-electron chi connectivity index (χ3n) is 3.38. The molecule has 0 saturated heterocycles. The first-order valence-corrected chi connectivity index (χ1v) is 8.53. The van der Waals surface area contributed by atoms with Gasteiger partial charge < -0.3 is 9.72 Å². The van der Waals surface area contributed by atoms with Crippen LogP contribution in [0.5, 0.6) is 0 Å². The van der Waals surface area contributed by atoms with Crippen molar-refractivity contribution >= 4 is 50.8 Å². The summed E-state index contributed by atoms with van der Waals surface area (Å²) in [5, 5.41) is 4.37. The second-order valence-corrected chi connectivity index (χ2v) is 6.57. The first-order valence-electron chi connectivity index (χ1n) is 7.33. The number of anilines is 1. The molecule has 8 heteroatoms. The van der Waals surface area contributed by atoms with Crippen LogP contribution in [0.3, 0.4) is 0 Å². The molecular formula is C17H14ClN3O3S. The first-order chi connectivity index (χ1) is 12.0. The van der Waals surface area contributed by atoms with Gasteiger partial charge in [0.2, 0.25) is 0 Å². The van der Waals surface area contributed by atoms with Gasteiger partial charge in [0.1, 0.15) is 17.2 Å². The number of rotatable bonds is 5. The van der Waals surface area contributed by atoms with Gasteiger partial charge in [-0.25, -0.2) is 9.78 Å². The number of amides is 1. The number of hydrogen-bond acceptors (Lipinski definition) is 5. The molecule has 0 spiro atoms. The molecule has 1 amide bonds. The number of benzene rings is 1. The Labute approximate surface area is 152 Å². The number of aromatic nitrogens is 2. The molecule has 1 aromatic carbocycles. The Bertz CT molecular complexity index is 977. The lowest BCUT2D eigenvalue weighted by atomic mass is 10.2. The molecule has 0 bridgehead atoms. The summed E-state index contributed by atoms with van der Waals surface area (Å²) < 4.78 is 4.99. The Balaban J connectivity index is 1.79. The number of carbonyl (C=O) groups is 2. The van der Waals surface area contributed by atoms with E-state index in [9.17, 15) is 9.59 Å². The predicted octanol–water partition coefficient (Wildman–Crippen LogP) is 4.18. The molecule has 0 fully saturated rings. The number of aryl methyl sites for hydroxylation is 1. The number of halogens is 1. The number of nitrogens with zero attached hydrogens (tertiary/aromatic N) is 1. The minimum Gasteiger partial charge on any atom is -0.457 e. The summed E-state index contributed by atoms with van der Waals surface area (Å²) in [6, 6.07) is 7.12.